The van der Waals surface area contributed by atoms with Gasteiger partial charge >= 0.3 is 0 Å². The Morgan fingerprint density at radius 1 is 1.29 bits per heavy atom. The zero-order valence-corrected chi connectivity index (χ0v) is 12.2. The molecule has 0 aromatic carbocycles. The van der Waals surface area contributed by atoms with Gasteiger partial charge in [0.1, 0.15) is 0 Å². The predicted molar refractivity (Wildman–Crippen MR) is 75.9 cm³/mol. The van der Waals surface area contributed by atoms with E-state index in [2.05, 4.69) is 46.8 Å². The molecular weight excluding hydrogens is 204 g/mol. The molecule has 0 aromatic rings. The van der Waals surface area contributed by atoms with Gasteiger partial charge in [0.15, 0.2) is 0 Å². The van der Waals surface area contributed by atoms with Crippen LogP contribution in [0.4, 0.5) is 0 Å². The van der Waals surface area contributed by atoms with Crippen molar-refractivity contribution in [1.29, 1.82) is 0 Å². The summed E-state index contributed by atoms with van der Waals surface area (Å²) in [5, 5.41) is 0. The lowest BCUT2D eigenvalue weighted by Gasteiger charge is -2.39. The van der Waals surface area contributed by atoms with Gasteiger partial charge in [0.2, 0.25) is 0 Å². The molecule has 0 radical (unpaired) electrons. The lowest BCUT2D eigenvalue weighted by atomic mass is 9.66. The SMILES string of the molecule is C/C=C\C1=C(CC)C2CC[C@@H](C)CC2C1(C)C. The molecule has 0 aromatic heterocycles. The quantitative estimate of drug-likeness (QED) is 0.601. The Bertz CT molecular complexity index is 343. The first-order chi connectivity index (χ1) is 8.02. The lowest BCUT2D eigenvalue weighted by Crippen LogP contribution is -2.30. The van der Waals surface area contributed by atoms with Gasteiger partial charge < -0.3 is 0 Å². The van der Waals surface area contributed by atoms with Crippen LogP contribution in [0.5, 0.6) is 0 Å². The largest absolute Gasteiger partial charge is 0.0874 e. The first-order valence-electron chi connectivity index (χ1n) is 7.38. The molecule has 0 spiro atoms. The molecule has 2 unspecified atom stereocenters. The average molecular weight is 232 g/mol. The normalized spacial score (nSPS) is 36.6. The third kappa shape index (κ3) is 2.00. The zero-order valence-electron chi connectivity index (χ0n) is 12.2. The maximum atomic E-state index is 2.47. The molecule has 96 valence electrons. The fraction of sp³-hybridized carbons (Fsp3) is 0.765. The summed E-state index contributed by atoms with van der Waals surface area (Å²) >= 11 is 0. The minimum Gasteiger partial charge on any atom is -0.0874 e. The van der Waals surface area contributed by atoms with Crippen LogP contribution in [-0.2, 0) is 0 Å². The summed E-state index contributed by atoms with van der Waals surface area (Å²) in [6.45, 7) is 11.9. The Morgan fingerprint density at radius 2 is 2.00 bits per heavy atom. The molecular formula is C17H28. The minimum atomic E-state index is 0.400. The second-order valence-corrected chi connectivity index (χ2v) is 6.65. The smallest absolute Gasteiger partial charge is 0.00700 e. The number of rotatable bonds is 2. The molecule has 0 saturated heterocycles. The first-order valence-corrected chi connectivity index (χ1v) is 7.38. The molecule has 0 aliphatic heterocycles. The molecule has 17 heavy (non-hydrogen) atoms. The van der Waals surface area contributed by atoms with E-state index in [4.69, 9.17) is 0 Å². The zero-order chi connectivity index (χ0) is 12.6. The van der Waals surface area contributed by atoms with Crippen LogP contribution in [0.1, 0.15) is 60.3 Å². The van der Waals surface area contributed by atoms with E-state index in [0.717, 1.165) is 17.8 Å². The van der Waals surface area contributed by atoms with Gasteiger partial charge in [-0.1, -0.05) is 51.8 Å². The highest BCUT2D eigenvalue weighted by Crippen LogP contribution is 2.57. The van der Waals surface area contributed by atoms with Crippen LogP contribution in [0.25, 0.3) is 0 Å². The summed E-state index contributed by atoms with van der Waals surface area (Å²) in [6.07, 6.45) is 10.2. The van der Waals surface area contributed by atoms with Gasteiger partial charge in [-0.15, -0.1) is 0 Å². The summed E-state index contributed by atoms with van der Waals surface area (Å²) in [5.41, 5.74) is 3.83. The summed E-state index contributed by atoms with van der Waals surface area (Å²) in [4.78, 5) is 0. The van der Waals surface area contributed by atoms with Crippen LogP contribution in [-0.4, -0.2) is 0 Å². The molecule has 2 rings (SSSR count). The fourth-order valence-corrected chi connectivity index (χ4v) is 4.35. The Morgan fingerprint density at radius 3 is 2.59 bits per heavy atom. The van der Waals surface area contributed by atoms with Crippen molar-refractivity contribution in [2.45, 2.75) is 60.3 Å². The Labute approximate surface area is 107 Å². The second kappa shape index (κ2) is 4.63. The highest BCUT2D eigenvalue weighted by Gasteiger charge is 2.47. The highest BCUT2D eigenvalue weighted by atomic mass is 14.5. The number of hydrogen-bond donors (Lipinski definition) is 0. The van der Waals surface area contributed by atoms with Crippen molar-refractivity contribution in [3.05, 3.63) is 23.3 Å². The van der Waals surface area contributed by atoms with Crippen molar-refractivity contribution in [1.82, 2.24) is 0 Å². The minimum absolute atomic E-state index is 0.400. The Hall–Kier alpha value is -0.520. The maximum absolute atomic E-state index is 2.47. The van der Waals surface area contributed by atoms with E-state index in [1.807, 2.05) is 0 Å². The van der Waals surface area contributed by atoms with Crippen LogP contribution < -0.4 is 0 Å². The number of fused-ring (bicyclic) bond motifs is 1. The van der Waals surface area contributed by atoms with Crippen molar-refractivity contribution in [3.8, 4) is 0 Å². The van der Waals surface area contributed by atoms with E-state index in [9.17, 15) is 0 Å². The fourth-order valence-electron chi connectivity index (χ4n) is 4.35. The molecule has 2 aliphatic carbocycles. The topological polar surface area (TPSA) is 0 Å². The summed E-state index contributed by atoms with van der Waals surface area (Å²) in [7, 11) is 0. The lowest BCUT2D eigenvalue weighted by molar-refractivity contribution is 0.140. The Balaban J connectivity index is 2.40. The van der Waals surface area contributed by atoms with Crippen molar-refractivity contribution >= 4 is 0 Å². The van der Waals surface area contributed by atoms with Gasteiger partial charge in [-0.2, -0.15) is 0 Å². The van der Waals surface area contributed by atoms with Gasteiger partial charge in [-0.25, -0.2) is 0 Å². The molecule has 2 aliphatic rings. The summed E-state index contributed by atoms with van der Waals surface area (Å²) in [5.74, 6) is 2.71. The molecule has 0 heteroatoms. The van der Waals surface area contributed by atoms with Crippen LogP contribution >= 0.6 is 0 Å². The maximum Gasteiger partial charge on any atom is -0.00700 e. The van der Waals surface area contributed by atoms with Crippen molar-refractivity contribution < 1.29 is 0 Å². The van der Waals surface area contributed by atoms with E-state index < -0.39 is 0 Å². The van der Waals surface area contributed by atoms with E-state index in [1.54, 1.807) is 11.1 Å². The van der Waals surface area contributed by atoms with Crippen molar-refractivity contribution in [2.75, 3.05) is 0 Å². The van der Waals surface area contributed by atoms with Crippen LogP contribution in [0, 0.1) is 23.2 Å². The van der Waals surface area contributed by atoms with Crippen molar-refractivity contribution in [3.63, 3.8) is 0 Å². The van der Waals surface area contributed by atoms with Gasteiger partial charge in [-0.3, -0.25) is 0 Å². The van der Waals surface area contributed by atoms with Crippen LogP contribution in [0.15, 0.2) is 23.3 Å². The molecule has 0 amide bonds. The number of allylic oxidation sites excluding steroid dienone is 4. The van der Waals surface area contributed by atoms with Crippen LogP contribution in [0.2, 0.25) is 0 Å². The van der Waals surface area contributed by atoms with E-state index in [1.165, 1.54) is 25.7 Å². The third-order valence-electron chi connectivity index (χ3n) is 5.24. The molecule has 0 nitrogen and oxygen atoms in total. The average Bonchev–Trinajstić information content (AvgIpc) is 2.49. The monoisotopic (exact) mass is 232 g/mol. The van der Waals surface area contributed by atoms with Gasteiger partial charge in [-0.05, 0) is 54.9 Å². The first kappa shape index (κ1) is 12.9. The third-order valence-corrected chi connectivity index (χ3v) is 5.24. The summed E-state index contributed by atoms with van der Waals surface area (Å²) < 4.78 is 0. The molecule has 0 bridgehead atoms. The van der Waals surface area contributed by atoms with Gasteiger partial charge in [0, 0.05) is 0 Å². The molecule has 1 fully saturated rings. The van der Waals surface area contributed by atoms with E-state index in [0.29, 0.717) is 5.41 Å². The second-order valence-electron chi connectivity index (χ2n) is 6.65. The van der Waals surface area contributed by atoms with Crippen LogP contribution in [0.3, 0.4) is 0 Å². The van der Waals surface area contributed by atoms with Gasteiger partial charge in [0.25, 0.3) is 0 Å². The molecule has 3 atom stereocenters. The van der Waals surface area contributed by atoms with E-state index >= 15 is 0 Å². The molecule has 1 saturated carbocycles. The highest BCUT2D eigenvalue weighted by molar-refractivity contribution is 5.39. The van der Waals surface area contributed by atoms with E-state index in [-0.39, 0.29) is 0 Å². The van der Waals surface area contributed by atoms with Crippen molar-refractivity contribution in [2.24, 2.45) is 23.2 Å². The molecule has 0 heterocycles. The van der Waals surface area contributed by atoms with Gasteiger partial charge in [0.05, 0.1) is 0 Å². The predicted octanol–water partition coefficient (Wildman–Crippen LogP) is 5.36. The Kier molecular flexibility index (Phi) is 3.52. The summed E-state index contributed by atoms with van der Waals surface area (Å²) in [6, 6.07) is 0. The molecule has 0 N–H and O–H groups in total. The standard InChI is InChI=1S/C17H28/c1-6-8-15-13(7-2)14-10-9-12(3)11-16(14)17(15,4)5/h6,8,12,14,16H,7,9-11H2,1-5H3/b8-6-/t12-,14?,16?/m1/s1. The number of hydrogen-bond acceptors (Lipinski definition) is 0.